The second kappa shape index (κ2) is 6.02. The predicted molar refractivity (Wildman–Crippen MR) is 80.7 cm³/mol. The van der Waals surface area contributed by atoms with Crippen LogP contribution in [0.4, 0.5) is 0 Å². The van der Waals surface area contributed by atoms with Gasteiger partial charge in [0, 0.05) is 0 Å². The van der Waals surface area contributed by atoms with Crippen molar-refractivity contribution in [2.45, 2.75) is 13.0 Å². The molecule has 1 aliphatic rings. The molecule has 2 atom stereocenters. The Hall–Kier alpha value is -2.62. The average Bonchev–Trinajstić information content (AvgIpc) is 2.55. The third kappa shape index (κ3) is 2.48. The van der Waals surface area contributed by atoms with E-state index >= 15 is 0 Å². The topological polar surface area (TPSA) is 52.6 Å². The average molecular weight is 296 g/mol. The van der Waals surface area contributed by atoms with Gasteiger partial charge in [-0.3, -0.25) is 9.59 Å². The van der Waals surface area contributed by atoms with Gasteiger partial charge in [0.2, 0.25) is 0 Å². The van der Waals surface area contributed by atoms with E-state index in [1.165, 1.54) is 0 Å². The Labute approximate surface area is 128 Å². The Morgan fingerprint density at radius 2 is 1.77 bits per heavy atom. The molecule has 22 heavy (non-hydrogen) atoms. The molecule has 0 saturated carbocycles. The van der Waals surface area contributed by atoms with E-state index in [0.717, 1.165) is 5.56 Å². The summed E-state index contributed by atoms with van der Waals surface area (Å²) >= 11 is 0. The van der Waals surface area contributed by atoms with Gasteiger partial charge in [0.05, 0.1) is 12.2 Å². The van der Waals surface area contributed by atoms with Gasteiger partial charge in [-0.15, -0.1) is 0 Å². The van der Waals surface area contributed by atoms with Crippen molar-refractivity contribution in [1.29, 1.82) is 0 Å². The molecule has 2 aromatic rings. The molecule has 1 aliphatic heterocycles. The molecule has 4 heteroatoms. The van der Waals surface area contributed by atoms with Crippen LogP contribution in [0.15, 0.2) is 54.6 Å². The van der Waals surface area contributed by atoms with Gasteiger partial charge in [-0.05, 0) is 24.6 Å². The molecule has 0 amide bonds. The monoisotopic (exact) mass is 296 g/mol. The summed E-state index contributed by atoms with van der Waals surface area (Å²) in [5.74, 6) is -1.27. The lowest BCUT2D eigenvalue weighted by Gasteiger charge is -2.31. The Morgan fingerprint density at radius 3 is 2.50 bits per heavy atom. The fourth-order valence-corrected chi connectivity index (χ4v) is 2.65. The highest BCUT2D eigenvalue weighted by molar-refractivity contribution is 6.11. The first-order chi connectivity index (χ1) is 10.7. The summed E-state index contributed by atoms with van der Waals surface area (Å²) in [6, 6.07) is 16.2. The number of Topliss-reactive ketones (excluding diaryl/α,β-unsaturated/α-hetero) is 1. The third-order valence-electron chi connectivity index (χ3n) is 3.66. The maximum atomic E-state index is 12.7. The van der Waals surface area contributed by atoms with Gasteiger partial charge in [0.15, 0.2) is 11.7 Å². The third-order valence-corrected chi connectivity index (χ3v) is 3.66. The lowest BCUT2D eigenvalue weighted by Crippen LogP contribution is -2.38. The minimum atomic E-state index is -0.975. The minimum absolute atomic E-state index is 0.228. The Morgan fingerprint density at radius 1 is 1.09 bits per heavy atom. The van der Waals surface area contributed by atoms with Gasteiger partial charge in [-0.25, -0.2) is 0 Å². The van der Waals surface area contributed by atoms with Crippen molar-refractivity contribution in [3.8, 4) is 5.75 Å². The zero-order chi connectivity index (χ0) is 15.5. The SMILES string of the molecule is CCOC(=O)C1C(=O)c2ccccc2OC1c1ccccc1. The van der Waals surface area contributed by atoms with Crippen LogP contribution in [-0.4, -0.2) is 18.4 Å². The van der Waals surface area contributed by atoms with Crippen molar-refractivity contribution in [2.24, 2.45) is 5.92 Å². The molecule has 0 aliphatic carbocycles. The first kappa shape index (κ1) is 14.3. The molecular weight excluding hydrogens is 280 g/mol. The highest BCUT2D eigenvalue weighted by Gasteiger charge is 2.43. The number of fused-ring (bicyclic) bond motifs is 1. The quantitative estimate of drug-likeness (QED) is 0.645. The van der Waals surface area contributed by atoms with Gasteiger partial charge in [-0.1, -0.05) is 42.5 Å². The molecule has 1 heterocycles. The molecule has 0 fully saturated rings. The van der Waals surface area contributed by atoms with Crippen LogP contribution in [0.2, 0.25) is 0 Å². The molecule has 4 nitrogen and oxygen atoms in total. The summed E-state index contributed by atoms with van der Waals surface area (Å²) < 4.78 is 11.0. The summed E-state index contributed by atoms with van der Waals surface area (Å²) in [5, 5.41) is 0. The van der Waals surface area contributed by atoms with Crippen LogP contribution < -0.4 is 4.74 Å². The van der Waals surface area contributed by atoms with Crippen LogP contribution >= 0.6 is 0 Å². The minimum Gasteiger partial charge on any atom is -0.484 e. The number of para-hydroxylation sites is 1. The summed E-state index contributed by atoms with van der Waals surface area (Å²) in [6.07, 6.45) is -0.664. The number of rotatable bonds is 3. The van der Waals surface area contributed by atoms with E-state index in [-0.39, 0.29) is 12.4 Å². The Bertz CT molecular complexity index is 693. The van der Waals surface area contributed by atoms with Crippen molar-refractivity contribution in [3.05, 3.63) is 65.7 Å². The molecule has 0 spiro atoms. The number of esters is 1. The Balaban J connectivity index is 2.06. The van der Waals surface area contributed by atoms with Crippen LogP contribution in [0.1, 0.15) is 28.9 Å². The molecule has 0 aromatic heterocycles. The fourth-order valence-electron chi connectivity index (χ4n) is 2.65. The second-order valence-corrected chi connectivity index (χ2v) is 5.04. The van der Waals surface area contributed by atoms with E-state index < -0.39 is 18.0 Å². The van der Waals surface area contributed by atoms with E-state index in [9.17, 15) is 9.59 Å². The first-order valence-electron chi connectivity index (χ1n) is 7.24. The standard InChI is InChI=1S/C18H16O4/c1-2-21-18(20)15-16(19)13-10-6-7-11-14(13)22-17(15)12-8-4-3-5-9-12/h3-11,15,17H,2H2,1H3. The van der Waals surface area contributed by atoms with Gasteiger partial charge in [0.25, 0.3) is 0 Å². The van der Waals surface area contributed by atoms with Crippen molar-refractivity contribution in [2.75, 3.05) is 6.61 Å². The number of hydrogen-bond donors (Lipinski definition) is 0. The summed E-state index contributed by atoms with van der Waals surface area (Å²) in [6.45, 7) is 1.95. The van der Waals surface area contributed by atoms with Gasteiger partial charge in [-0.2, -0.15) is 0 Å². The molecular formula is C18H16O4. The zero-order valence-corrected chi connectivity index (χ0v) is 12.2. The number of carbonyl (C=O) groups is 2. The molecule has 112 valence electrons. The van der Waals surface area contributed by atoms with Crippen LogP contribution in [0.5, 0.6) is 5.75 Å². The van der Waals surface area contributed by atoms with Crippen LogP contribution in [-0.2, 0) is 9.53 Å². The highest BCUT2D eigenvalue weighted by atomic mass is 16.5. The maximum absolute atomic E-state index is 12.7. The molecule has 0 saturated heterocycles. The normalized spacial score (nSPS) is 20.0. The lowest BCUT2D eigenvalue weighted by molar-refractivity contribution is -0.149. The summed E-state index contributed by atoms with van der Waals surface area (Å²) in [4.78, 5) is 25.0. The van der Waals surface area contributed by atoms with E-state index in [1.807, 2.05) is 30.3 Å². The number of ketones is 1. The largest absolute Gasteiger partial charge is 0.484 e. The van der Waals surface area contributed by atoms with Crippen LogP contribution in [0.25, 0.3) is 0 Å². The molecule has 0 N–H and O–H groups in total. The van der Waals surface area contributed by atoms with Crippen molar-refractivity contribution in [3.63, 3.8) is 0 Å². The number of benzene rings is 2. The maximum Gasteiger partial charge on any atom is 0.321 e. The van der Waals surface area contributed by atoms with Crippen molar-refractivity contribution in [1.82, 2.24) is 0 Å². The van der Waals surface area contributed by atoms with E-state index in [0.29, 0.717) is 11.3 Å². The first-order valence-corrected chi connectivity index (χ1v) is 7.24. The lowest BCUT2D eigenvalue weighted by atomic mass is 9.85. The smallest absolute Gasteiger partial charge is 0.321 e. The van der Waals surface area contributed by atoms with Gasteiger partial charge < -0.3 is 9.47 Å². The molecule has 0 radical (unpaired) electrons. The Kier molecular flexibility index (Phi) is 3.92. The van der Waals surface area contributed by atoms with Crippen molar-refractivity contribution < 1.29 is 19.1 Å². The van der Waals surface area contributed by atoms with E-state index in [4.69, 9.17) is 9.47 Å². The van der Waals surface area contributed by atoms with Gasteiger partial charge >= 0.3 is 5.97 Å². The number of hydrogen-bond acceptors (Lipinski definition) is 4. The van der Waals surface area contributed by atoms with E-state index in [2.05, 4.69) is 0 Å². The molecule has 2 unspecified atom stereocenters. The van der Waals surface area contributed by atoms with Crippen LogP contribution in [0, 0.1) is 5.92 Å². The van der Waals surface area contributed by atoms with Crippen molar-refractivity contribution >= 4 is 11.8 Å². The predicted octanol–water partition coefficient (Wildman–Crippen LogP) is 3.18. The summed E-state index contributed by atoms with van der Waals surface area (Å²) in [5.41, 5.74) is 1.20. The number of carbonyl (C=O) groups excluding carboxylic acids is 2. The van der Waals surface area contributed by atoms with Gasteiger partial charge in [0.1, 0.15) is 11.9 Å². The highest BCUT2D eigenvalue weighted by Crippen LogP contribution is 2.39. The zero-order valence-electron chi connectivity index (χ0n) is 12.2. The fraction of sp³-hybridized carbons (Fsp3) is 0.222. The molecule has 0 bridgehead atoms. The number of ether oxygens (including phenoxy) is 2. The molecule has 2 aromatic carbocycles. The molecule has 3 rings (SSSR count). The van der Waals surface area contributed by atoms with E-state index in [1.54, 1.807) is 31.2 Å². The van der Waals surface area contributed by atoms with Crippen LogP contribution in [0.3, 0.4) is 0 Å². The second-order valence-electron chi connectivity index (χ2n) is 5.04. The summed E-state index contributed by atoms with van der Waals surface area (Å²) in [7, 11) is 0.